The lowest BCUT2D eigenvalue weighted by Crippen LogP contribution is -2.45. The number of hydrogen-bond acceptors (Lipinski definition) is 6. The number of carboxylic acid groups (broad SMARTS) is 2. The van der Waals surface area contributed by atoms with Gasteiger partial charge < -0.3 is 19.7 Å². The van der Waals surface area contributed by atoms with E-state index in [9.17, 15) is 29.4 Å². The van der Waals surface area contributed by atoms with E-state index in [0.29, 0.717) is 11.1 Å². The number of benzene rings is 2. The van der Waals surface area contributed by atoms with Gasteiger partial charge in [-0.25, -0.2) is 19.2 Å². The molecule has 0 radical (unpaired) electrons. The largest absolute Gasteiger partial charge is 0.478 e. The molecule has 0 fully saturated rings. The highest BCUT2D eigenvalue weighted by atomic mass is 16.6. The third-order valence-electron chi connectivity index (χ3n) is 3.99. The van der Waals surface area contributed by atoms with Crippen LogP contribution in [0.1, 0.15) is 31.8 Å². The fraction of sp³-hybridized carbons (Fsp3) is 0.0909. The molecule has 0 amide bonds. The molecule has 2 rings (SSSR count). The minimum Gasteiger partial charge on any atom is -0.478 e. The van der Waals surface area contributed by atoms with Gasteiger partial charge in [-0.15, -0.1) is 0 Å². The highest BCUT2D eigenvalue weighted by Gasteiger charge is 2.41. The van der Waals surface area contributed by atoms with Crippen molar-refractivity contribution in [2.75, 3.05) is 0 Å². The van der Waals surface area contributed by atoms with E-state index in [2.05, 4.69) is 13.2 Å². The zero-order chi connectivity index (χ0) is 22.3. The number of carbonyl (C=O) groups excluding carboxylic acids is 2. The maximum atomic E-state index is 12.3. The summed E-state index contributed by atoms with van der Waals surface area (Å²) in [4.78, 5) is 47.6. The van der Waals surface area contributed by atoms with Gasteiger partial charge >= 0.3 is 23.9 Å². The zero-order valence-corrected chi connectivity index (χ0v) is 15.7. The predicted molar refractivity (Wildman–Crippen MR) is 107 cm³/mol. The molecule has 2 aromatic rings. The lowest BCUT2D eigenvalue weighted by molar-refractivity contribution is -0.166. The highest BCUT2D eigenvalue weighted by Crippen LogP contribution is 2.15. The van der Waals surface area contributed by atoms with E-state index in [4.69, 9.17) is 9.47 Å². The first-order valence-corrected chi connectivity index (χ1v) is 8.59. The molecule has 0 aliphatic carbocycles. The topological polar surface area (TPSA) is 127 Å². The molecule has 154 valence electrons. The van der Waals surface area contributed by atoms with Gasteiger partial charge in [0.15, 0.2) is 0 Å². The Bertz CT molecular complexity index is 892. The van der Waals surface area contributed by atoms with E-state index in [1.54, 1.807) is 24.3 Å². The third kappa shape index (κ3) is 5.41. The Morgan fingerprint density at radius 1 is 0.667 bits per heavy atom. The minimum absolute atomic E-state index is 0.0117. The number of carboxylic acids is 2. The molecule has 30 heavy (non-hydrogen) atoms. The molecule has 0 aliphatic heterocycles. The molecule has 0 saturated heterocycles. The molecule has 0 unspecified atom stereocenters. The minimum atomic E-state index is -2.26. The molecular weight excluding hydrogens is 392 g/mol. The van der Waals surface area contributed by atoms with Gasteiger partial charge in [-0.2, -0.15) is 0 Å². The maximum Gasteiger partial charge on any atom is 0.349 e. The van der Waals surface area contributed by atoms with Gasteiger partial charge in [0.2, 0.25) is 12.2 Å². The highest BCUT2D eigenvalue weighted by molar-refractivity contribution is 5.95. The number of carbonyl (C=O) groups is 4. The lowest BCUT2D eigenvalue weighted by Gasteiger charge is -2.21. The first-order chi connectivity index (χ1) is 14.3. The first kappa shape index (κ1) is 22.1. The molecule has 0 spiro atoms. The second kappa shape index (κ2) is 9.83. The van der Waals surface area contributed by atoms with E-state index >= 15 is 0 Å². The molecule has 2 N–H and O–H groups in total. The normalized spacial score (nSPS) is 12.1. The average Bonchev–Trinajstić information content (AvgIpc) is 2.75. The van der Waals surface area contributed by atoms with Crippen molar-refractivity contribution in [2.24, 2.45) is 0 Å². The number of esters is 2. The summed E-state index contributed by atoms with van der Waals surface area (Å²) in [7, 11) is 0. The molecule has 2 atom stereocenters. The van der Waals surface area contributed by atoms with Crippen LogP contribution >= 0.6 is 0 Å². The maximum absolute atomic E-state index is 12.3. The standard InChI is InChI=1S/C22H18O8/c1-3-13-5-9-15(10-6-13)21(27)29-17(19(23)24)18(20(25)26)30-22(28)16-11-7-14(4-2)8-12-16/h3-12,17-18H,1-2H2,(H,23,24)(H,25,26)/t17-,18-/m1/s1. The number of rotatable bonds is 9. The van der Waals surface area contributed by atoms with Gasteiger partial charge in [0.25, 0.3) is 0 Å². The Morgan fingerprint density at radius 2 is 0.967 bits per heavy atom. The summed E-state index contributed by atoms with van der Waals surface area (Å²) in [5, 5.41) is 18.7. The molecule has 0 bridgehead atoms. The molecule has 8 nitrogen and oxygen atoms in total. The quantitative estimate of drug-likeness (QED) is 0.604. The van der Waals surface area contributed by atoms with Crippen LogP contribution in [0.5, 0.6) is 0 Å². The van der Waals surface area contributed by atoms with E-state index in [0.717, 1.165) is 0 Å². The van der Waals surface area contributed by atoms with Gasteiger partial charge in [-0.1, -0.05) is 49.6 Å². The molecule has 0 aliphatic rings. The summed E-state index contributed by atoms with van der Waals surface area (Å²) in [6.07, 6.45) is -1.44. The molecular formula is C22H18O8. The van der Waals surface area contributed by atoms with Crippen molar-refractivity contribution in [2.45, 2.75) is 12.2 Å². The van der Waals surface area contributed by atoms with Gasteiger partial charge in [0.1, 0.15) is 0 Å². The zero-order valence-electron chi connectivity index (χ0n) is 15.7. The molecule has 0 aromatic heterocycles. The number of aliphatic carboxylic acids is 2. The molecule has 0 saturated carbocycles. The van der Waals surface area contributed by atoms with Crippen molar-refractivity contribution in [1.82, 2.24) is 0 Å². The van der Waals surface area contributed by atoms with Crippen LogP contribution in [0.3, 0.4) is 0 Å². The van der Waals surface area contributed by atoms with Gasteiger partial charge in [0.05, 0.1) is 11.1 Å². The van der Waals surface area contributed by atoms with E-state index in [1.807, 2.05) is 0 Å². The third-order valence-corrected chi connectivity index (χ3v) is 3.99. The molecule has 8 heteroatoms. The van der Waals surface area contributed by atoms with Crippen LogP contribution in [0.4, 0.5) is 0 Å². The van der Waals surface area contributed by atoms with Crippen molar-refractivity contribution < 1.29 is 38.9 Å². The van der Waals surface area contributed by atoms with Crippen molar-refractivity contribution in [1.29, 1.82) is 0 Å². The SMILES string of the molecule is C=Cc1ccc(C(=O)O[C@@H](C(=O)O)[C@@H](OC(=O)c2ccc(C=C)cc2)C(=O)O)cc1. The van der Waals surface area contributed by atoms with Crippen LogP contribution < -0.4 is 0 Å². The summed E-state index contributed by atoms with van der Waals surface area (Å²) in [6, 6.07) is 11.6. The summed E-state index contributed by atoms with van der Waals surface area (Å²) < 4.78 is 9.67. The Labute approximate surface area is 171 Å². The van der Waals surface area contributed by atoms with Crippen LogP contribution in [0.15, 0.2) is 61.7 Å². The van der Waals surface area contributed by atoms with Crippen molar-refractivity contribution in [3.05, 3.63) is 83.9 Å². The van der Waals surface area contributed by atoms with E-state index in [1.165, 1.54) is 36.4 Å². The van der Waals surface area contributed by atoms with Crippen LogP contribution in [0, 0.1) is 0 Å². The van der Waals surface area contributed by atoms with Crippen LogP contribution in [-0.2, 0) is 19.1 Å². The second-order valence-electron chi connectivity index (χ2n) is 5.98. The smallest absolute Gasteiger partial charge is 0.349 e. The van der Waals surface area contributed by atoms with Crippen LogP contribution in [-0.4, -0.2) is 46.3 Å². The second-order valence-corrected chi connectivity index (χ2v) is 5.98. The van der Waals surface area contributed by atoms with E-state index < -0.39 is 36.1 Å². The van der Waals surface area contributed by atoms with Crippen molar-refractivity contribution in [3.63, 3.8) is 0 Å². The van der Waals surface area contributed by atoms with Crippen LogP contribution in [0.2, 0.25) is 0 Å². The summed E-state index contributed by atoms with van der Waals surface area (Å²) in [5.74, 6) is -5.74. The lowest BCUT2D eigenvalue weighted by atomic mass is 10.1. The van der Waals surface area contributed by atoms with E-state index in [-0.39, 0.29) is 11.1 Å². The van der Waals surface area contributed by atoms with Crippen molar-refractivity contribution in [3.8, 4) is 0 Å². The first-order valence-electron chi connectivity index (χ1n) is 8.59. The Hall–Kier alpha value is -4.20. The summed E-state index contributed by atoms with van der Waals surface area (Å²) >= 11 is 0. The molecule has 2 aromatic carbocycles. The Kier molecular flexibility index (Phi) is 7.24. The van der Waals surface area contributed by atoms with Gasteiger partial charge in [-0.3, -0.25) is 0 Å². The Morgan fingerprint density at radius 3 is 1.20 bits per heavy atom. The average molecular weight is 410 g/mol. The van der Waals surface area contributed by atoms with Crippen molar-refractivity contribution >= 4 is 36.0 Å². The van der Waals surface area contributed by atoms with Gasteiger partial charge in [-0.05, 0) is 35.4 Å². The summed E-state index contributed by atoms with van der Waals surface area (Å²) in [6.45, 7) is 7.14. The fourth-order valence-electron chi connectivity index (χ4n) is 2.36. The van der Waals surface area contributed by atoms with Crippen LogP contribution in [0.25, 0.3) is 12.2 Å². The predicted octanol–water partition coefficient (Wildman–Crippen LogP) is 2.89. The summed E-state index contributed by atoms with van der Waals surface area (Å²) in [5.41, 5.74) is 1.40. The number of hydrogen-bond donors (Lipinski definition) is 2. The molecule has 0 heterocycles. The van der Waals surface area contributed by atoms with Gasteiger partial charge in [0, 0.05) is 0 Å². The number of ether oxygens (including phenoxy) is 2. The monoisotopic (exact) mass is 410 g/mol. The Balaban J connectivity index is 2.21. The fourth-order valence-corrected chi connectivity index (χ4v) is 2.36.